The third kappa shape index (κ3) is 5.67. The third-order valence-corrected chi connectivity index (χ3v) is 4.88. The smallest absolute Gasteiger partial charge is 0.314 e. The first-order valence-electron chi connectivity index (χ1n) is 9.49. The normalized spacial score (nSPS) is 15.0. The minimum atomic E-state index is -0.168. The van der Waals surface area contributed by atoms with E-state index in [1.54, 1.807) is 6.07 Å². The molecule has 0 saturated heterocycles. The SMILES string of the molecule is CCCCCCCc1ccc(OC(=O)C2CCCCC2)c(C#N)c1. The van der Waals surface area contributed by atoms with Crippen LogP contribution in [0.4, 0.5) is 0 Å². The van der Waals surface area contributed by atoms with Crippen molar-refractivity contribution >= 4 is 5.97 Å². The fraction of sp³-hybridized carbons (Fsp3) is 0.619. The molecule has 1 aliphatic carbocycles. The molecule has 3 nitrogen and oxygen atoms in total. The lowest BCUT2D eigenvalue weighted by molar-refractivity contribution is -0.140. The molecule has 1 aromatic carbocycles. The second-order valence-electron chi connectivity index (χ2n) is 6.86. The van der Waals surface area contributed by atoms with Gasteiger partial charge in [-0.25, -0.2) is 0 Å². The molecule has 0 radical (unpaired) electrons. The second kappa shape index (κ2) is 10.1. The number of aryl methyl sites for hydroxylation is 1. The Kier molecular flexibility index (Phi) is 7.82. The van der Waals surface area contributed by atoms with Gasteiger partial charge in [-0.15, -0.1) is 0 Å². The third-order valence-electron chi connectivity index (χ3n) is 4.88. The van der Waals surface area contributed by atoms with Crippen LogP contribution in [0.25, 0.3) is 0 Å². The molecule has 1 aliphatic rings. The lowest BCUT2D eigenvalue weighted by Crippen LogP contribution is -2.23. The summed E-state index contributed by atoms with van der Waals surface area (Å²) in [4.78, 5) is 12.3. The van der Waals surface area contributed by atoms with Gasteiger partial charge in [0.05, 0.1) is 11.5 Å². The largest absolute Gasteiger partial charge is 0.425 e. The first-order valence-corrected chi connectivity index (χ1v) is 9.49. The Bertz CT molecular complexity index is 568. The Labute approximate surface area is 146 Å². The van der Waals surface area contributed by atoms with E-state index in [2.05, 4.69) is 13.0 Å². The van der Waals surface area contributed by atoms with E-state index in [1.165, 1.54) is 32.1 Å². The Morgan fingerprint density at radius 1 is 1.17 bits per heavy atom. The van der Waals surface area contributed by atoms with Gasteiger partial charge in [0.25, 0.3) is 0 Å². The predicted octanol–water partition coefficient (Wildman–Crippen LogP) is 5.56. The summed E-state index contributed by atoms with van der Waals surface area (Å²) in [7, 11) is 0. The summed E-state index contributed by atoms with van der Waals surface area (Å²) in [5.41, 5.74) is 1.63. The van der Waals surface area contributed by atoms with Gasteiger partial charge < -0.3 is 4.74 Å². The Balaban J connectivity index is 1.91. The Morgan fingerprint density at radius 3 is 2.62 bits per heavy atom. The molecule has 2 rings (SSSR count). The molecular weight excluding hydrogens is 298 g/mol. The van der Waals surface area contributed by atoms with E-state index >= 15 is 0 Å². The summed E-state index contributed by atoms with van der Waals surface area (Å²) in [5.74, 6) is 0.254. The van der Waals surface area contributed by atoms with E-state index in [9.17, 15) is 10.1 Å². The first-order chi connectivity index (χ1) is 11.7. The van der Waals surface area contributed by atoms with Gasteiger partial charge in [-0.3, -0.25) is 4.79 Å². The molecule has 0 aliphatic heterocycles. The molecule has 1 aromatic rings. The maximum absolute atomic E-state index is 12.3. The van der Waals surface area contributed by atoms with Crippen LogP contribution in [-0.2, 0) is 11.2 Å². The van der Waals surface area contributed by atoms with Crippen LogP contribution in [0.15, 0.2) is 18.2 Å². The first kappa shape index (κ1) is 18.5. The average molecular weight is 327 g/mol. The number of unbranched alkanes of at least 4 members (excludes halogenated alkanes) is 4. The molecule has 0 unspecified atom stereocenters. The number of rotatable bonds is 8. The molecule has 0 N–H and O–H groups in total. The van der Waals surface area contributed by atoms with Crippen molar-refractivity contribution in [2.75, 3.05) is 0 Å². The average Bonchev–Trinajstić information content (AvgIpc) is 2.63. The highest BCUT2D eigenvalue weighted by molar-refractivity contribution is 5.76. The highest BCUT2D eigenvalue weighted by atomic mass is 16.5. The van der Waals surface area contributed by atoms with Crippen LogP contribution in [0.5, 0.6) is 5.75 Å². The van der Waals surface area contributed by atoms with Crippen LogP contribution in [0.1, 0.15) is 82.3 Å². The van der Waals surface area contributed by atoms with E-state index in [-0.39, 0.29) is 11.9 Å². The van der Waals surface area contributed by atoms with E-state index in [0.717, 1.165) is 44.1 Å². The van der Waals surface area contributed by atoms with Crippen molar-refractivity contribution in [3.8, 4) is 11.8 Å². The van der Waals surface area contributed by atoms with Crippen molar-refractivity contribution in [1.29, 1.82) is 5.26 Å². The predicted molar refractivity (Wildman–Crippen MR) is 95.8 cm³/mol. The molecular formula is C21H29NO2. The maximum Gasteiger partial charge on any atom is 0.314 e. The molecule has 0 spiro atoms. The number of nitriles is 1. The van der Waals surface area contributed by atoms with Crippen LogP contribution in [0, 0.1) is 17.2 Å². The molecule has 24 heavy (non-hydrogen) atoms. The number of hydrogen-bond acceptors (Lipinski definition) is 3. The van der Waals surface area contributed by atoms with E-state index in [0.29, 0.717) is 11.3 Å². The number of benzene rings is 1. The second-order valence-corrected chi connectivity index (χ2v) is 6.86. The minimum Gasteiger partial charge on any atom is -0.425 e. The molecule has 1 fully saturated rings. The Hall–Kier alpha value is -1.82. The fourth-order valence-electron chi connectivity index (χ4n) is 3.37. The van der Waals surface area contributed by atoms with Crippen molar-refractivity contribution in [3.05, 3.63) is 29.3 Å². The molecule has 0 bridgehead atoms. The van der Waals surface area contributed by atoms with Gasteiger partial charge in [-0.1, -0.05) is 57.9 Å². The van der Waals surface area contributed by atoms with E-state index in [4.69, 9.17) is 4.74 Å². The van der Waals surface area contributed by atoms with Gasteiger partial charge in [0.2, 0.25) is 0 Å². The van der Waals surface area contributed by atoms with Gasteiger partial charge >= 0.3 is 5.97 Å². The summed E-state index contributed by atoms with van der Waals surface area (Å²) in [6.07, 6.45) is 12.4. The number of ether oxygens (including phenoxy) is 1. The highest BCUT2D eigenvalue weighted by Crippen LogP contribution is 2.27. The zero-order chi connectivity index (χ0) is 17.2. The minimum absolute atomic E-state index is 0.00327. The van der Waals surface area contributed by atoms with Crippen LogP contribution >= 0.6 is 0 Å². The zero-order valence-corrected chi connectivity index (χ0v) is 14.9. The van der Waals surface area contributed by atoms with Crippen LogP contribution in [0.2, 0.25) is 0 Å². The van der Waals surface area contributed by atoms with Crippen LogP contribution in [0.3, 0.4) is 0 Å². The maximum atomic E-state index is 12.3. The fourth-order valence-corrected chi connectivity index (χ4v) is 3.37. The van der Waals surface area contributed by atoms with E-state index in [1.807, 2.05) is 12.1 Å². The summed E-state index contributed by atoms with van der Waals surface area (Å²) in [6, 6.07) is 7.84. The monoisotopic (exact) mass is 327 g/mol. The zero-order valence-electron chi connectivity index (χ0n) is 14.9. The van der Waals surface area contributed by atoms with Crippen molar-refractivity contribution in [1.82, 2.24) is 0 Å². The molecule has 1 saturated carbocycles. The molecule has 3 heteroatoms. The van der Waals surface area contributed by atoms with Crippen LogP contribution < -0.4 is 4.74 Å². The van der Waals surface area contributed by atoms with Gasteiger partial charge in [0, 0.05) is 0 Å². The van der Waals surface area contributed by atoms with Crippen molar-refractivity contribution in [3.63, 3.8) is 0 Å². The van der Waals surface area contributed by atoms with Crippen LogP contribution in [-0.4, -0.2) is 5.97 Å². The van der Waals surface area contributed by atoms with Crippen molar-refractivity contribution < 1.29 is 9.53 Å². The Morgan fingerprint density at radius 2 is 1.92 bits per heavy atom. The highest BCUT2D eigenvalue weighted by Gasteiger charge is 2.23. The van der Waals surface area contributed by atoms with Crippen molar-refractivity contribution in [2.45, 2.75) is 77.6 Å². The molecule has 0 heterocycles. The molecule has 0 aromatic heterocycles. The lowest BCUT2D eigenvalue weighted by atomic mass is 9.89. The molecule has 0 amide bonds. The number of hydrogen-bond donors (Lipinski definition) is 0. The number of carbonyl (C=O) groups excluding carboxylic acids is 1. The summed E-state index contributed by atoms with van der Waals surface area (Å²) >= 11 is 0. The number of esters is 1. The number of nitrogens with zero attached hydrogens (tertiary/aromatic N) is 1. The molecule has 130 valence electrons. The van der Waals surface area contributed by atoms with Gasteiger partial charge in [-0.05, 0) is 43.4 Å². The summed E-state index contributed by atoms with van der Waals surface area (Å²) in [6.45, 7) is 2.21. The topological polar surface area (TPSA) is 50.1 Å². The van der Waals surface area contributed by atoms with E-state index < -0.39 is 0 Å². The summed E-state index contributed by atoms with van der Waals surface area (Å²) in [5, 5.41) is 9.37. The number of carbonyl (C=O) groups is 1. The van der Waals surface area contributed by atoms with Gasteiger partial charge in [-0.2, -0.15) is 5.26 Å². The van der Waals surface area contributed by atoms with Gasteiger partial charge in [0.1, 0.15) is 11.8 Å². The lowest BCUT2D eigenvalue weighted by Gasteiger charge is -2.20. The summed E-state index contributed by atoms with van der Waals surface area (Å²) < 4.78 is 5.53. The standard InChI is InChI=1S/C21H29NO2/c1-2-3-4-5-7-10-17-13-14-20(19(15-17)16-22)24-21(23)18-11-8-6-9-12-18/h13-15,18H,2-12H2,1H3. The van der Waals surface area contributed by atoms with Gasteiger partial charge in [0.15, 0.2) is 0 Å². The van der Waals surface area contributed by atoms with Crippen molar-refractivity contribution in [2.24, 2.45) is 5.92 Å². The quantitative estimate of drug-likeness (QED) is 0.357. The molecule has 0 atom stereocenters.